The third kappa shape index (κ3) is 4.22. The highest BCUT2D eigenvalue weighted by Crippen LogP contribution is 2.28. The van der Waals surface area contributed by atoms with Crippen molar-refractivity contribution in [3.8, 4) is 0 Å². The molecule has 0 unspecified atom stereocenters. The third-order valence-corrected chi connectivity index (χ3v) is 4.55. The second-order valence-electron chi connectivity index (χ2n) is 7.12. The van der Waals surface area contributed by atoms with E-state index in [9.17, 15) is 9.59 Å². The lowest BCUT2D eigenvalue weighted by atomic mass is 10.1. The highest BCUT2D eigenvalue weighted by molar-refractivity contribution is 5.99. The monoisotopic (exact) mass is 395 g/mol. The maximum Gasteiger partial charge on any atom is 0.274 e. The first-order valence-electron chi connectivity index (χ1n) is 9.30. The normalized spacial score (nSPS) is 11.0. The van der Waals surface area contributed by atoms with E-state index in [-0.39, 0.29) is 17.9 Å². The van der Waals surface area contributed by atoms with Gasteiger partial charge in [0.2, 0.25) is 0 Å². The number of hydrogen-bond donors (Lipinski definition) is 3. The number of fused-ring (bicyclic) bond motifs is 1. The summed E-state index contributed by atoms with van der Waals surface area (Å²) in [5.41, 5.74) is 6.67. The van der Waals surface area contributed by atoms with E-state index in [1.807, 2.05) is 38.2 Å². The molecule has 0 atom stereocenters. The van der Waals surface area contributed by atoms with Crippen molar-refractivity contribution in [3.05, 3.63) is 59.0 Å². The predicted molar refractivity (Wildman–Crippen MR) is 111 cm³/mol. The van der Waals surface area contributed by atoms with Crippen molar-refractivity contribution in [1.29, 1.82) is 0 Å². The Balaban J connectivity index is 2.01. The molecule has 1 aromatic carbocycles. The SMILES string of the molecule is CONC(=O)c1ccc(C)c(Nc2nccn3cc(C(=O)NC(C)C)c(C)c23)c1. The molecule has 3 rings (SSSR count). The number of hydrogen-bond acceptors (Lipinski definition) is 5. The third-order valence-electron chi connectivity index (χ3n) is 4.55. The highest BCUT2D eigenvalue weighted by atomic mass is 16.6. The van der Waals surface area contributed by atoms with Crippen LogP contribution >= 0.6 is 0 Å². The minimum absolute atomic E-state index is 0.0456. The molecule has 152 valence electrons. The molecule has 0 bridgehead atoms. The van der Waals surface area contributed by atoms with Gasteiger partial charge in [-0.3, -0.25) is 14.4 Å². The lowest BCUT2D eigenvalue weighted by Crippen LogP contribution is -2.30. The topological polar surface area (TPSA) is 96.8 Å². The van der Waals surface area contributed by atoms with E-state index < -0.39 is 0 Å². The molecule has 3 N–H and O–H groups in total. The Morgan fingerprint density at radius 1 is 1.17 bits per heavy atom. The molecule has 8 heteroatoms. The molecule has 0 radical (unpaired) electrons. The van der Waals surface area contributed by atoms with Gasteiger partial charge in [0.1, 0.15) is 0 Å². The lowest BCUT2D eigenvalue weighted by molar-refractivity contribution is 0.0537. The molecule has 2 amide bonds. The molecule has 0 aliphatic heterocycles. The average Bonchev–Trinajstić information content (AvgIpc) is 3.01. The molecule has 0 fully saturated rings. The fourth-order valence-corrected chi connectivity index (χ4v) is 3.12. The maximum absolute atomic E-state index is 12.5. The summed E-state index contributed by atoms with van der Waals surface area (Å²) < 4.78 is 1.87. The zero-order chi connectivity index (χ0) is 21.1. The standard InChI is InChI=1S/C21H25N5O3/c1-12(2)23-21(28)16-11-26-9-8-22-19(18(26)14(16)4)24-17-10-15(7-6-13(17)3)20(27)25-29-5/h6-12H,1-5H3,(H,22,24)(H,23,28)(H,25,27). The van der Waals surface area contributed by atoms with E-state index in [2.05, 4.69) is 21.1 Å². The van der Waals surface area contributed by atoms with Gasteiger partial charge in [0, 0.05) is 35.9 Å². The van der Waals surface area contributed by atoms with Crippen molar-refractivity contribution in [2.45, 2.75) is 33.7 Å². The first-order chi connectivity index (χ1) is 13.8. The summed E-state index contributed by atoms with van der Waals surface area (Å²) in [6.07, 6.45) is 5.26. The van der Waals surface area contributed by atoms with Gasteiger partial charge in [0.15, 0.2) is 5.82 Å². The number of aryl methyl sites for hydroxylation is 2. The number of anilines is 2. The van der Waals surface area contributed by atoms with Crippen molar-refractivity contribution < 1.29 is 14.4 Å². The Labute approximate surface area is 169 Å². The Morgan fingerprint density at radius 3 is 2.62 bits per heavy atom. The molecule has 0 spiro atoms. The van der Waals surface area contributed by atoms with E-state index in [0.717, 1.165) is 22.3 Å². The lowest BCUT2D eigenvalue weighted by Gasteiger charge is -2.12. The molecule has 0 saturated heterocycles. The van der Waals surface area contributed by atoms with Crippen molar-refractivity contribution in [3.63, 3.8) is 0 Å². The Bertz CT molecular complexity index is 1070. The van der Waals surface area contributed by atoms with E-state index in [0.29, 0.717) is 16.9 Å². The van der Waals surface area contributed by atoms with Crippen LogP contribution in [-0.4, -0.2) is 34.4 Å². The summed E-state index contributed by atoms with van der Waals surface area (Å²) in [5, 5.41) is 6.22. The van der Waals surface area contributed by atoms with Gasteiger partial charge in [-0.25, -0.2) is 10.5 Å². The van der Waals surface area contributed by atoms with Crippen LogP contribution in [0, 0.1) is 13.8 Å². The second-order valence-corrected chi connectivity index (χ2v) is 7.12. The van der Waals surface area contributed by atoms with E-state index in [1.54, 1.807) is 30.7 Å². The molecule has 0 aliphatic rings. The predicted octanol–water partition coefficient (Wildman–Crippen LogP) is 3.12. The number of amides is 2. The summed E-state index contributed by atoms with van der Waals surface area (Å²) in [5.74, 6) is 0.135. The number of rotatable bonds is 6. The van der Waals surface area contributed by atoms with Crippen molar-refractivity contribution in [2.75, 3.05) is 12.4 Å². The number of nitrogens with one attached hydrogen (secondary N) is 3. The zero-order valence-electron chi connectivity index (χ0n) is 17.2. The van der Waals surface area contributed by atoms with Gasteiger partial charge in [-0.1, -0.05) is 6.07 Å². The Morgan fingerprint density at radius 2 is 1.93 bits per heavy atom. The van der Waals surface area contributed by atoms with Crippen molar-refractivity contribution in [1.82, 2.24) is 20.2 Å². The highest BCUT2D eigenvalue weighted by Gasteiger charge is 2.18. The van der Waals surface area contributed by atoms with Gasteiger partial charge in [-0.2, -0.15) is 0 Å². The van der Waals surface area contributed by atoms with E-state index in [4.69, 9.17) is 4.84 Å². The first-order valence-corrected chi connectivity index (χ1v) is 9.30. The summed E-state index contributed by atoms with van der Waals surface area (Å²) in [4.78, 5) is 33.8. The number of carbonyl (C=O) groups excluding carboxylic acids is 2. The molecule has 8 nitrogen and oxygen atoms in total. The van der Waals surface area contributed by atoms with Crippen LogP contribution in [0.1, 0.15) is 45.7 Å². The van der Waals surface area contributed by atoms with Gasteiger partial charge < -0.3 is 15.0 Å². The van der Waals surface area contributed by atoms with Gasteiger partial charge in [0.25, 0.3) is 11.8 Å². The van der Waals surface area contributed by atoms with Crippen LogP contribution in [0.4, 0.5) is 11.5 Å². The number of aromatic nitrogens is 2. The molecule has 0 saturated carbocycles. The van der Waals surface area contributed by atoms with Gasteiger partial charge in [0.05, 0.1) is 18.2 Å². The number of benzene rings is 1. The fourth-order valence-electron chi connectivity index (χ4n) is 3.12. The van der Waals surface area contributed by atoms with Crippen LogP contribution in [-0.2, 0) is 4.84 Å². The summed E-state index contributed by atoms with van der Waals surface area (Å²) in [7, 11) is 1.39. The van der Waals surface area contributed by atoms with E-state index in [1.165, 1.54) is 7.11 Å². The quantitative estimate of drug-likeness (QED) is 0.557. The molecular weight excluding hydrogens is 370 g/mol. The van der Waals surface area contributed by atoms with Gasteiger partial charge in [-0.15, -0.1) is 0 Å². The minimum Gasteiger partial charge on any atom is -0.350 e. The number of hydroxylamine groups is 1. The van der Waals surface area contributed by atoms with E-state index >= 15 is 0 Å². The van der Waals surface area contributed by atoms with Crippen LogP contribution in [0.3, 0.4) is 0 Å². The van der Waals surface area contributed by atoms with Gasteiger partial charge >= 0.3 is 0 Å². The first kappa shape index (κ1) is 20.3. The molecule has 2 aromatic heterocycles. The summed E-state index contributed by atoms with van der Waals surface area (Å²) in [6.45, 7) is 7.68. The Hall–Kier alpha value is -3.39. The van der Waals surface area contributed by atoms with Crippen LogP contribution in [0.25, 0.3) is 5.52 Å². The summed E-state index contributed by atoms with van der Waals surface area (Å²) >= 11 is 0. The second kappa shape index (κ2) is 8.32. The minimum atomic E-state index is -0.340. The molecule has 3 aromatic rings. The molecular formula is C21H25N5O3. The van der Waals surface area contributed by atoms with Gasteiger partial charge in [-0.05, 0) is 51.0 Å². The van der Waals surface area contributed by atoms with Crippen LogP contribution in [0.5, 0.6) is 0 Å². The Kier molecular flexibility index (Phi) is 5.84. The van der Waals surface area contributed by atoms with Crippen LogP contribution in [0.15, 0.2) is 36.8 Å². The fraction of sp³-hybridized carbons (Fsp3) is 0.286. The molecule has 0 aliphatic carbocycles. The molecule has 29 heavy (non-hydrogen) atoms. The maximum atomic E-state index is 12.5. The van der Waals surface area contributed by atoms with Crippen LogP contribution in [0.2, 0.25) is 0 Å². The molecule has 2 heterocycles. The van der Waals surface area contributed by atoms with Crippen molar-refractivity contribution >= 4 is 28.8 Å². The zero-order valence-corrected chi connectivity index (χ0v) is 17.2. The van der Waals surface area contributed by atoms with Crippen LogP contribution < -0.4 is 16.1 Å². The number of carbonyl (C=O) groups is 2. The number of nitrogens with zero attached hydrogens (tertiary/aromatic N) is 2. The smallest absolute Gasteiger partial charge is 0.274 e. The summed E-state index contributed by atoms with van der Waals surface area (Å²) in [6, 6.07) is 5.35. The largest absolute Gasteiger partial charge is 0.350 e. The average molecular weight is 395 g/mol. The van der Waals surface area contributed by atoms with Crippen molar-refractivity contribution in [2.24, 2.45) is 0 Å².